The highest BCUT2D eigenvalue weighted by Gasteiger charge is 2.29. The van der Waals surface area contributed by atoms with Crippen LogP contribution in [-0.4, -0.2) is 36.1 Å². The molecule has 0 aromatic rings. The Morgan fingerprint density at radius 3 is 2.43 bits per heavy atom. The van der Waals surface area contributed by atoms with Gasteiger partial charge in [0.25, 0.3) is 0 Å². The van der Waals surface area contributed by atoms with E-state index in [1.54, 1.807) is 0 Å². The largest absolute Gasteiger partial charge is 0.313 e. The quantitative estimate of drug-likeness (QED) is 0.748. The van der Waals surface area contributed by atoms with Crippen LogP contribution in [0.5, 0.6) is 0 Å². The van der Waals surface area contributed by atoms with E-state index >= 15 is 0 Å². The van der Waals surface area contributed by atoms with Gasteiger partial charge in [-0.15, -0.1) is 0 Å². The zero-order valence-electron chi connectivity index (χ0n) is 10.4. The lowest BCUT2D eigenvalue weighted by Gasteiger charge is -2.43. The maximum Gasteiger partial charge on any atom is 0.0223 e. The van der Waals surface area contributed by atoms with Gasteiger partial charge in [0.2, 0.25) is 0 Å². The third kappa shape index (κ3) is 2.71. The number of nitrogens with one attached hydrogen (secondary N) is 1. The van der Waals surface area contributed by atoms with Crippen molar-refractivity contribution in [1.29, 1.82) is 0 Å². The molecular weight excluding hydrogens is 172 g/mol. The van der Waals surface area contributed by atoms with Crippen LogP contribution in [-0.2, 0) is 0 Å². The Kier molecular flexibility index (Phi) is 3.96. The van der Waals surface area contributed by atoms with E-state index < -0.39 is 0 Å². The second-order valence-electron chi connectivity index (χ2n) is 5.32. The molecule has 1 N–H and O–H groups in total. The topological polar surface area (TPSA) is 15.3 Å². The van der Waals surface area contributed by atoms with Crippen LogP contribution in [0.1, 0.15) is 47.0 Å². The van der Waals surface area contributed by atoms with Crippen molar-refractivity contribution in [2.24, 2.45) is 0 Å². The first-order valence-corrected chi connectivity index (χ1v) is 5.93. The maximum absolute atomic E-state index is 3.57. The van der Waals surface area contributed by atoms with Gasteiger partial charge in [-0.05, 0) is 47.1 Å². The highest BCUT2D eigenvalue weighted by Crippen LogP contribution is 2.23. The molecule has 0 spiro atoms. The molecule has 2 atom stereocenters. The van der Waals surface area contributed by atoms with Crippen LogP contribution >= 0.6 is 0 Å². The van der Waals surface area contributed by atoms with E-state index in [-0.39, 0.29) is 0 Å². The van der Waals surface area contributed by atoms with Crippen LogP contribution in [0.2, 0.25) is 0 Å². The first kappa shape index (κ1) is 12.0. The molecule has 0 aromatic heterocycles. The Hall–Kier alpha value is -0.0800. The Morgan fingerprint density at radius 1 is 1.36 bits per heavy atom. The summed E-state index contributed by atoms with van der Waals surface area (Å²) in [6.45, 7) is 10.4. The fourth-order valence-electron chi connectivity index (χ4n) is 2.06. The van der Waals surface area contributed by atoms with Crippen molar-refractivity contribution in [2.75, 3.05) is 13.6 Å². The lowest BCUT2D eigenvalue weighted by atomic mass is 9.93. The number of nitrogens with zero attached hydrogens (tertiary/aromatic N) is 1. The van der Waals surface area contributed by atoms with Gasteiger partial charge in [0, 0.05) is 24.2 Å². The van der Waals surface area contributed by atoms with Gasteiger partial charge in [-0.25, -0.2) is 0 Å². The SMILES string of the molecule is CCC(C)(C)N(C)C1CCC(C)NC1. The van der Waals surface area contributed by atoms with Crippen molar-refractivity contribution in [3.8, 4) is 0 Å². The summed E-state index contributed by atoms with van der Waals surface area (Å²) < 4.78 is 0. The van der Waals surface area contributed by atoms with Crippen molar-refractivity contribution in [3.63, 3.8) is 0 Å². The lowest BCUT2D eigenvalue weighted by Crippen LogP contribution is -2.54. The summed E-state index contributed by atoms with van der Waals surface area (Å²) in [6.07, 6.45) is 3.87. The Bertz CT molecular complexity index is 169. The molecule has 1 aliphatic heterocycles. The van der Waals surface area contributed by atoms with Crippen LogP contribution in [0, 0.1) is 0 Å². The summed E-state index contributed by atoms with van der Waals surface area (Å²) in [4.78, 5) is 2.55. The first-order valence-electron chi connectivity index (χ1n) is 5.93. The molecule has 0 bridgehead atoms. The van der Waals surface area contributed by atoms with E-state index in [1.807, 2.05) is 0 Å². The summed E-state index contributed by atoms with van der Waals surface area (Å²) in [7, 11) is 2.27. The van der Waals surface area contributed by atoms with Gasteiger partial charge < -0.3 is 5.32 Å². The van der Waals surface area contributed by atoms with Crippen molar-refractivity contribution in [1.82, 2.24) is 10.2 Å². The minimum absolute atomic E-state index is 0.340. The molecular formula is C12H26N2. The second kappa shape index (κ2) is 4.63. The van der Waals surface area contributed by atoms with Crippen molar-refractivity contribution < 1.29 is 0 Å². The van der Waals surface area contributed by atoms with Crippen molar-refractivity contribution in [2.45, 2.75) is 64.6 Å². The fourth-order valence-corrected chi connectivity index (χ4v) is 2.06. The van der Waals surface area contributed by atoms with E-state index in [1.165, 1.54) is 19.3 Å². The van der Waals surface area contributed by atoms with Crippen LogP contribution < -0.4 is 5.32 Å². The number of hydrogen-bond donors (Lipinski definition) is 1. The van der Waals surface area contributed by atoms with E-state index in [0.29, 0.717) is 11.6 Å². The smallest absolute Gasteiger partial charge is 0.0223 e. The van der Waals surface area contributed by atoms with Crippen molar-refractivity contribution in [3.05, 3.63) is 0 Å². The van der Waals surface area contributed by atoms with E-state index in [4.69, 9.17) is 0 Å². The summed E-state index contributed by atoms with van der Waals surface area (Å²) in [5, 5.41) is 3.57. The number of hydrogen-bond acceptors (Lipinski definition) is 2. The van der Waals surface area contributed by atoms with Crippen molar-refractivity contribution >= 4 is 0 Å². The lowest BCUT2D eigenvalue weighted by molar-refractivity contribution is 0.0759. The average Bonchev–Trinajstić information content (AvgIpc) is 2.18. The standard InChI is InChI=1S/C12H26N2/c1-6-12(3,4)14(5)11-8-7-10(2)13-9-11/h10-11,13H,6-9H2,1-5H3. The second-order valence-corrected chi connectivity index (χ2v) is 5.32. The molecule has 0 amide bonds. The first-order chi connectivity index (χ1) is 6.47. The van der Waals surface area contributed by atoms with E-state index in [0.717, 1.165) is 12.6 Å². The number of likely N-dealkylation sites (N-methyl/N-ethyl adjacent to an activating group) is 1. The van der Waals surface area contributed by atoms with Gasteiger partial charge in [-0.1, -0.05) is 6.92 Å². The molecule has 1 rings (SSSR count). The summed E-state index contributed by atoms with van der Waals surface area (Å²) in [6, 6.07) is 1.44. The molecule has 0 aliphatic carbocycles. The third-order valence-electron chi connectivity index (χ3n) is 4.00. The average molecular weight is 198 g/mol. The van der Waals surface area contributed by atoms with E-state index in [9.17, 15) is 0 Å². The minimum Gasteiger partial charge on any atom is -0.313 e. The Balaban J connectivity index is 2.49. The Morgan fingerprint density at radius 2 is 2.00 bits per heavy atom. The zero-order valence-corrected chi connectivity index (χ0v) is 10.4. The molecule has 1 saturated heterocycles. The normalized spacial score (nSPS) is 29.6. The predicted octanol–water partition coefficient (Wildman–Crippen LogP) is 2.25. The monoisotopic (exact) mass is 198 g/mol. The fraction of sp³-hybridized carbons (Fsp3) is 1.00. The van der Waals surface area contributed by atoms with Crippen LogP contribution in [0.3, 0.4) is 0 Å². The summed E-state index contributed by atoms with van der Waals surface area (Å²) in [5.41, 5.74) is 0.340. The molecule has 2 heteroatoms. The van der Waals surface area contributed by atoms with Gasteiger partial charge in [0.05, 0.1) is 0 Å². The molecule has 84 valence electrons. The highest BCUT2D eigenvalue weighted by molar-refractivity contribution is 4.87. The van der Waals surface area contributed by atoms with Crippen LogP contribution in [0.25, 0.3) is 0 Å². The molecule has 2 nitrogen and oxygen atoms in total. The van der Waals surface area contributed by atoms with Gasteiger partial charge in [-0.3, -0.25) is 4.90 Å². The van der Waals surface area contributed by atoms with E-state index in [2.05, 4.69) is 45.0 Å². The summed E-state index contributed by atoms with van der Waals surface area (Å²) in [5.74, 6) is 0. The van der Waals surface area contributed by atoms with Crippen LogP contribution in [0.4, 0.5) is 0 Å². The third-order valence-corrected chi connectivity index (χ3v) is 4.00. The number of rotatable bonds is 3. The Labute approximate surface area is 89.1 Å². The van der Waals surface area contributed by atoms with Gasteiger partial charge in [-0.2, -0.15) is 0 Å². The maximum atomic E-state index is 3.57. The molecule has 14 heavy (non-hydrogen) atoms. The van der Waals surface area contributed by atoms with Gasteiger partial charge in [0.1, 0.15) is 0 Å². The minimum atomic E-state index is 0.340. The molecule has 2 unspecified atom stereocenters. The molecule has 0 radical (unpaired) electrons. The van der Waals surface area contributed by atoms with Gasteiger partial charge >= 0.3 is 0 Å². The predicted molar refractivity (Wildman–Crippen MR) is 62.6 cm³/mol. The molecule has 0 saturated carbocycles. The molecule has 1 fully saturated rings. The molecule has 1 aliphatic rings. The van der Waals surface area contributed by atoms with Crippen LogP contribution in [0.15, 0.2) is 0 Å². The number of piperidine rings is 1. The molecule has 0 aromatic carbocycles. The summed E-state index contributed by atoms with van der Waals surface area (Å²) >= 11 is 0. The zero-order chi connectivity index (χ0) is 10.8. The highest BCUT2D eigenvalue weighted by atomic mass is 15.2. The molecule has 1 heterocycles. The van der Waals surface area contributed by atoms with Gasteiger partial charge in [0.15, 0.2) is 0 Å².